The van der Waals surface area contributed by atoms with Gasteiger partial charge in [0.15, 0.2) is 5.65 Å². The first-order chi connectivity index (χ1) is 16.2. The Hall–Kier alpha value is -3.72. The zero-order valence-electron chi connectivity index (χ0n) is 19.3. The number of fused-ring (bicyclic) bond motifs is 1. The number of rotatable bonds is 5. The SMILES string of the molecule is COC(=O)c1ccc(-c2c(C)c(Cl)cc(C(C)n3nc(C)c4c(N)ncnc43)c2OC)cc1F. The lowest BCUT2D eigenvalue weighted by atomic mass is 9.93. The first-order valence-corrected chi connectivity index (χ1v) is 10.8. The Labute approximate surface area is 200 Å². The zero-order valence-corrected chi connectivity index (χ0v) is 20.1. The number of nitrogens with two attached hydrogens (primary N) is 1. The van der Waals surface area contributed by atoms with Crippen molar-refractivity contribution in [3.05, 3.63) is 63.8 Å². The van der Waals surface area contributed by atoms with E-state index in [0.717, 1.165) is 0 Å². The third-order valence-electron chi connectivity index (χ3n) is 5.88. The molecule has 2 aromatic heterocycles. The Morgan fingerprint density at radius 2 is 1.94 bits per heavy atom. The molecule has 0 saturated heterocycles. The number of halogens is 2. The Kier molecular flexibility index (Phi) is 6.14. The van der Waals surface area contributed by atoms with Crippen molar-refractivity contribution < 1.29 is 18.7 Å². The van der Waals surface area contributed by atoms with Crippen molar-refractivity contribution in [3.63, 3.8) is 0 Å². The van der Waals surface area contributed by atoms with E-state index in [-0.39, 0.29) is 11.6 Å². The van der Waals surface area contributed by atoms with Gasteiger partial charge in [-0.15, -0.1) is 0 Å². The summed E-state index contributed by atoms with van der Waals surface area (Å²) in [7, 11) is 2.74. The van der Waals surface area contributed by atoms with Crippen LogP contribution >= 0.6 is 11.6 Å². The number of nitrogens with zero attached hydrogens (tertiary/aromatic N) is 4. The van der Waals surface area contributed by atoms with Crippen molar-refractivity contribution in [2.75, 3.05) is 20.0 Å². The van der Waals surface area contributed by atoms with E-state index in [2.05, 4.69) is 19.8 Å². The number of hydrogen-bond acceptors (Lipinski definition) is 7. The molecule has 34 heavy (non-hydrogen) atoms. The Morgan fingerprint density at radius 1 is 1.21 bits per heavy atom. The van der Waals surface area contributed by atoms with Crippen LogP contribution in [0.3, 0.4) is 0 Å². The molecule has 2 aromatic carbocycles. The zero-order chi connectivity index (χ0) is 24.7. The van der Waals surface area contributed by atoms with E-state index < -0.39 is 11.8 Å². The van der Waals surface area contributed by atoms with Gasteiger partial charge in [0.25, 0.3) is 0 Å². The standard InChI is InChI=1S/C24H23ClFN5O3/c1-11-17(25)9-16(13(3)31-23-20(12(2)30-31)22(27)28-10-29-23)21(33-4)19(11)14-6-7-15(18(26)8-14)24(32)34-5/h6-10,13H,1-5H3,(H2,27,28,29). The maximum absolute atomic E-state index is 14.8. The fourth-order valence-electron chi connectivity index (χ4n) is 4.14. The number of aromatic nitrogens is 4. The summed E-state index contributed by atoms with van der Waals surface area (Å²) in [6.07, 6.45) is 1.39. The summed E-state index contributed by atoms with van der Waals surface area (Å²) in [5.74, 6) is -0.615. The van der Waals surface area contributed by atoms with Crippen LogP contribution in [-0.2, 0) is 4.74 Å². The highest BCUT2D eigenvalue weighted by atomic mass is 35.5. The average Bonchev–Trinajstić information content (AvgIpc) is 3.16. The van der Waals surface area contributed by atoms with Crippen LogP contribution in [0.5, 0.6) is 5.75 Å². The third-order valence-corrected chi connectivity index (χ3v) is 6.27. The lowest BCUT2D eigenvalue weighted by Gasteiger charge is -2.22. The van der Waals surface area contributed by atoms with Gasteiger partial charge in [0.05, 0.1) is 36.9 Å². The molecule has 0 saturated carbocycles. The molecule has 4 aromatic rings. The van der Waals surface area contributed by atoms with Crippen LogP contribution in [0, 0.1) is 19.7 Å². The van der Waals surface area contributed by atoms with Crippen LogP contribution in [-0.4, -0.2) is 39.9 Å². The van der Waals surface area contributed by atoms with E-state index in [1.54, 1.807) is 16.8 Å². The number of carbonyl (C=O) groups excluding carboxylic acids is 1. The number of esters is 1. The van der Waals surface area contributed by atoms with Crippen LogP contribution < -0.4 is 10.5 Å². The summed E-state index contributed by atoms with van der Waals surface area (Å²) in [6, 6.07) is 5.71. The number of benzene rings is 2. The van der Waals surface area contributed by atoms with Crippen molar-refractivity contribution in [2.24, 2.45) is 0 Å². The summed E-state index contributed by atoms with van der Waals surface area (Å²) in [5.41, 5.74) is 9.68. The minimum absolute atomic E-state index is 0.158. The van der Waals surface area contributed by atoms with Crippen molar-refractivity contribution in [1.82, 2.24) is 19.7 Å². The minimum atomic E-state index is -0.754. The number of hydrogen-bond donors (Lipinski definition) is 1. The van der Waals surface area contributed by atoms with Crippen molar-refractivity contribution in [1.29, 1.82) is 0 Å². The Bertz CT molecular complexity index is 1440. The van der Waals surface area contributed by atoms with Gasteiger partial charge in [-0.05, 0) is 50.1 Å². The number of ether oxygens (including phenoxy) is 2. The summed E-state index contributed by atoms with van der Waals surface area (Å²) in [4.78, 5) is 20.3. The van der Waals surface area contributed by atoms with Gasteiger partial charge in [0.2, 0.25) is 0 Å². The van der Waals surface area contributed by atoms with E-state index in [1.807, 2.05) is 20.8 Å². The molecular formula is C24H23ClFN5O3. The fraction of sp³-hybridized carbons (Fsp3) is 0.250. The highest BCUT2D eigenvalue weighted by molar-refractivity contribution is 6.32. The van der Waals surface area contributed by atoms with Gasteiger partial charge >= 0.3 is 5.97 Å². The topological polar surface area (TPSA) is 105 Å². The molecule has 1 unspecified atom stereocenters. The first-order valence-electron chi connectivity index (χ1n) is 10.4. The molecule has 176 valence electrons. The third kappa shape index (κ3) is 3.71. The average molecular weight is 484 g/mol. The van der Waals surface area contributed by atoms with Crippen LogP contribution in [0.25, 0.3) is 22.2 Å². The van der Waals surface area contributed by atoms with Crippen LogP contribution in [0.2, 0.25) is 5.02 Å². The molecule has 0 bridgehead atoms. The van der Waals surface area contributed by atoms with Gasteiger partial charge in [0, 0.05) is 16.1 Å². The summed E-state index contributed by atoms with van der Waals surface area (Å²) >= 11 is 6.62. The van der Waals surface area contributed by atoms with E-state index >= 15 is 0 Å². The smallest absolute Gasteiger partial charge is 0.340 e. The highest BCUT2D eigenvalue weighted by Crippen LogP contribution is 2.43. The maximum atomic E-state index is 14.8. The Balaban J connectivity index is 1.93. The molecule has 1 atom stereocenters. The lowest BCUT2D eigenvalue weighted by molar-refractivity contribution is 0.0595. The molecule has 2 heterocycles. The highest BCUT2D eigenvalue weighted by Gasteiger charge is 2.25. The fourth-order valence-corrected chi connectivity index (χ4v) is 4.35. The molecule has 0 aliphatic rings. The molecular weight excluding hydrogens is 461 g/mol. The molecule has 4 rings (SSSR count). The van der Waals surface area contributed by atoms with E-state index in [1.165, 1.54) is 32.7 Å². The molecule has 0 aliphatic carbocycles. The molecule has 8 nitrogen and oxygen atoms in total. The molecule has 10 heteroatoms. The van der Waals surface area contributed by atoms with Crippen LogP contribution in [0.15, 0.2) is 30.6 Å². The lowest BCUT2D eigenvalue weighted by Crippen LogP contribution is -2.12. The second-order valence-corrected chi connectivity index (χ2v) is 8.24. The van der Waals surface area contributed by atoms with Gasteiger partial charge in [-0.25, -0.2) is 23.8 Å². The molecule has 0 fully saturated rings. The predicted molar refractivity (Wildman–Crippen MR) is 128 cm³/mol. The maximum Gasteiger partial charge on any atom is 0.340 e. The number of carbonyl (C=O) groups is 1. The van der Waals surface area contributed by atoms with E-state index in [4.69, 9.17) is 22.1 Å². The van der Waals surface area contributed by atoms with Crippen LogP contribution in [0.4, 0.5) is 10.2 Å². The molecule has 2 N–H and O–H groups in total. The number of anilines is 1. The number of aryl methyl sites for hydroxylation is 1. The van der Waals surface area contributed by atoms with E-state index in [0.29, 0.717) is 55.6 Å². The molecule has 0 amide bonds. The van der Waals surface area contributed by atoms with E-state index in [9.17, 15) is 9.18 Å². The summed E-state index contributed by atoms with van der Waals surface area (Å²) < 4.78 is 27.0. The van der Waals surface area contributed by atoms with Gasteiger partial charge < -0.3 is 15.2 Å². The first kappa shape index (κ1) is 23.4. The monoisotopic (exact) mass is 483 g/mol. The quantitative estimate of drug-likeness (QED) is 0.403. The van der Waals surface area contributed by atoms with Crippen molar-refractivity contribution in [2.45, 2.75) is 26.8 Å². The van der Waals surface area contributed by atoms with Gasteiger partial charge in [0.1, 0.15) is 23.7 Å². The number of methoxy groups -OCH3 is 2. The second kappa shape index (κ2) is 8.90. The van der Waals surface area contributed by atoms with Gasteiger partial charge in [-0.2, -0.15) is 5.10 Å². The largest absolute Gasteiger partial charge is 0.496 e. The second-order valence-electron chi connectivity index (χ2n) is 7.83. The van der Waals surface area contributed by atoms with Gasteiger partial charge in [-0.1, -0.05) is 17.7 Å². The summed E-state index contributed by atoms with van der Waals surface area (Å²) in [5, 5.41) is 5.78. The molecule has 0 radical (unpaired) electrons. The van der Waals surface area contributed by atoms with Gasteiger partial charge in [-0.3, -0.25) is 0 Å². The molecule has 0 spiro atoms. The Morgan fingerprint density at radius 3 is 2.59 bits per heavy atom. The van der Waals surface area contributed by atoms with Crippen molar-refractivity contribution >= 4 is 34.4 Å². The number of nitrogen functional groups attached to an aromatic ring is 1. The van der Waals surface area contributed by atoms with Crippen LogP contribution in [0.1, 0.15) is 40.1 Å². The normalized spacial score (nSPS) is 12.1. The van der Waals surface area contributed by atoms with Crippen molar-refractivity contribution in [3.8, 4) is 16.9 Å². The molecule has 0 aliphatic heterocycles. The minimum Gasteiger partial charge on any atom is -0.496 e. The summed E-state index contributed by atoms with van der Waals surface area (Å²) in [6.45, 7) is 5.59. The predicted octanol–water partition coefficient (Wildman–Crippen LogP) is 4.89.